The molecule has 1 fully saturated rings. The van der Waals surface area contributed by atoms with Gasteiger partial charge in [0.1, 0.15) is 18.8 Å². The van der Waals surface area contributed by atoms with E-state index in [0.29, 0.717) is 0 Å². The van der Waals surface area contributed by atoms with Gasteiger partial charge < -0.3 is 15.9 Å². The number of aromatic nitrogens is 1. The number of hydroxylamine groups is 2. The largest absolute Gasteiger partial charge is 0.398 e. The number of thiazole rings is 1. The second kappa shape index (κ2) is 7.30. The van der Waals surface area contributed by atoms with Gasteiger partial charge in [-0.3, -0.25) is 19.0 Å². The van der Waals surface area contributed by atoms with Crippen molar-refractivity contribution in [2.45, 2.75) is 19.0 Å². The lowest BCUT2D eigenvalue weighted by Crippen LogP contribution is -2.70. The Balaban J connectivity index is 2.03. The predicted molar refractivity (Wildman–Crippen MR) is 85.8 cm³/mol. The molecule has 0 aromatic carbocycles. The fourth-order valence-electron chi connectivity index (χ4n) is 1.99. The molecule has 2 amide bonds. The minimum Gasteiger partial charge on any atom is -0.398 e. The topological polar surface area (TPSA) is 174 Å². The first-order chi connectivity index (χ1) is 11.6. The summed E-state index contributed by atoms with van der Waals surface area (Å²) in [6.07, 6.45) is 0. The Morgan fingerprint density at radius 3 is 2.76 bits per heavy atom. The monoisotopic (exact) mass is 393 g/mol. The number of carbonyl (C=O) groups is 2. The number of nitrogens with two attached hydrogens (primary N) is 1. The third kappa shape index (κ3) is 4.41. The van der Waals surface area contributed by atoms with Crippen LogP contribution in [-0.4, -0.2) is 65.7 Å². The third-order valence-corrected chi connectivity index (χ3v) is 4.20. The van der Waals surface area contributed by atoms with Crippen LogP contribution < -0.4 is 11.1 Å². The highest BCUT2D eigenvalue weighted by molar-refractivity contribution is 7.85. The van der Waals surface area contributed by atoms with Gasteiger partial charge in [0.25, 0.3) is 21.9 Å². The zero-order valence-corrected chi connectivity index (χ0v) is 14.7. The van der Waals surface area contributed by atoms with Crippen molar-refractivity contribution in [2.75, 3.05) is 18.8 Å². The molecule has 0 bridgehead atoms. The molecule has 25 heavy (non-hydrogen) atoms. The summed E-state index contributed by atoms with van der Waals surface area (Å²) in [5, 5.41) is 8.48. The molecule has 138 valence electrons. The van der Waals surface area contributed by atoms with E-state index in [1.54, 1.807) is 0 Å². The SMILES string of the molecule is CO/N=C(\C(=O)N[C@@H]1C(=O)N(OCS(=O)(=O)O)[C@H]1C)c1csc(N)n1. The van der Waals surface area contributed by atoms with Crippen LogP contribution in [0, 0.1) is 0 Å². The first kappa shape index (κ1) is 19.0. The molecule has 0 saturated carbocycles. The van der Waals surface area contributed by atoms with Gasteiger partial charge in [-0.15, -0.1) is 11.3 Å². The predicted octanol–water partition coefficient (Wildman–Crippen LogP) is -1.43. The first-order valence-corrected chi connectivity index (χ1v) is 9.17. The van der Waals surface area contributed by atoms with Crippen LogP contribution in [0.3, 0.4) is 0 Å². The van der Waals surface area contributed by atoms with Crippen molar-refractivity contribution in [3.63, 3.8) is 0 Å². The van der Waals surface area contributed by atoms with Crippen molar-refractivity contribution in [1.29, 1.82) is 0 Å². The van der Waals surface area contributed by atoms with E-state index < -0.39 is 40.0 Å². The Morgan fingerprint density at radius 2 is 2.28 bits per heavy atom. The van der Waals surface area contributed by atoms with Crippen LogP contribution in [0.1, 0.15) is 12.6 Å². The zero-order valence-electron chi connectivity index (χ0n) is 13.1. The Hall–Kier alpha value is -2.29. The highest BCUT2D eigenvalue weighted by Crippen LogP contribution is 2.21. The summed E-state index contributed by atoms with van der Waals surface area (Å²) in [7, 11) is -3.15. The number of amides is 2. The quantitative estimate of drug-likeness (QED) is 0.217. The van der Waals surface area contributed by atoms with Crippen LogP contribution in [0.2, 0.25) is 0 Å². The molecule has 14 heteroatoms. The van der Waals surface area contributed by atoms with E-state index in [2.05, 4.69) is 25.1 Å². The number of anilines is 1. The Morgan fingerprint density at radius 1 is 1.60 bits per heavy atom. The van der Waals surface area contributed by atoms with Crippen LogP contribution in [0.15, 0.2) is 10.5 Å². The maximum absolute atomic E-state index is 12.3. The smallest absolute Gasteiger partial charge is 0.292 e. The summed E-state index contributed by atoms with van der Waals surface area (Å²) in [5.74, 6) is -2.48. The van der Waals surface area contributed by atoms with Gasteiger partial charge in [0, 0.05) is 5.38 Å². The van der Waals surface area contributed by atoms with Crippen molar-refractivity contribution in [3.8, 4) is 0 Å². The number of nitrogens with zero attached hydrogens (tertiary/aromatic N) is 3. The van der Waals surface area contributed by atoms with Crippen molar-refractivity contribution in [2.24, 2.45) is 5.16 Å². The summed E-state index contributed by atoms with van der Waals surface area (Å²) >= 11 is 1.10. The normalized spacial score (nSPS) is 21.0. The zero-order chi connectivity index (χ0) is 18.8. The number of β-lactam (4-membered cyclic amide) rings is 1. The Kier molecular flexibility index (Phi) is 5.56. The number of rotatable bonds is 7. The lowest BCUT2D eigenvalue weighted by Gasteiger charge is -2.43. The number of carbonyl (C=O) groups excluding carboxylic acids is 2. The van der Waals surface area contributed by atoms with E-state index in [1.807, 2.05) is 0 Å². The van der Waals surface area contributed by atoms with Crippen LogP contribution >= 0.6 is 11.3 Å². The molecule has 1 aromatic heterocycles. The summed E-state index contributed by atoms with van der Waals surface area (Å²) in [4.78, 5) is 37.5. The fraction of sp³-hybridized carbons (Fsp3) is 0.455. The van der Waals surface area contributed by atoms with Gasteiger partial charge in [-0.1, -0.05) is 5.16 Å². The molecule has 1 saturated heterocycles. The van der Waals surface area contributed by atoms with E-state index in [0.717, 1.165) is 16.4 Å². The van der Waals surface area contributed by atoms with Gasteiger partial charge in [-0.05, 0) is 6.92 Å². The molecular formula is C11H15N5O7S2. The molecule has 1 aromatic rings. The van der Waals surface area contributed by atoms with Crippen LogP contribution in [-0.2, 0) is 29.4 Å². The van der Waals surface area contributed by atoms with E-state index in [4.69, 9.17) is 10.3 Å². The number of oxime groups is 1. The lowest BCUT2D eigenvalue weighted by atomic mass is 10.00. The molecule has 1 aliphatic rings. The van der Waals surface area contributed by atoms with Gasteiger partial charge in [-0.25, -0.2) is 10.0 Å². The second-order valence-electron chi connectivity index (χ2n) is 4.88. The van der Waals surface area contributed by atoms with Gasteiger partial charge in [-0.2, -0.15) is 8.42 Å². The third-order valence-electron chi connectivity index (χ3n) is 3.13. The molecule has 4 N–H and O–H groups in total. The molecule has 12 nitrogen and oxygen atoms in total. The van der Waals surface area contributed by atoms with Crippen molar-refractivity contribution in [1.82, 2.24) is 15.4 Å². The molecule has 0 unspecified atom stereocenters. The molecule has 0 spiro atoms. The minimum atomic E-state index is -4.40. The van der Waals surface area contributed by atoms with Crippen molar-refractivity contribution in [3.05, 3.63) is 11.1 Å². The molecule has 0 aliphatic carbocycles. The van der Waals surface area contributed by atoms with Crippen LogP contribution in [0.5, 0.6) is 0 Å². The Bertz CT molecular complexity index is 805. The maximum Gasteiger partial charge on any atom is 0.292 e. The standard InChI is InChI=1S/C11H15N5O7S2/c1-5-7(10(18)16(5)23-4-25(19,20)21)14-9(17)8(15-22-2)6-3-24-11(12)13-6/h3,5,7H,4H2,1-2H3,(H2,12,13)(H,14,17)(H,19,20,21)/b15-8-/t5-,7-/m0/s1. The van der Waals surface area contributed by atoms with Crippen molar-refractivity contribution < 1.29 is 32.2 Å². The molecule has 2 atom stereocenters. The van der Waals surface area contributed by atoms with Gasteiger partial charge in [0.05, 0.1) is 6.04 Å². The first-order valence-electron chi connectivity index (χ1n) is 6.68. The number of hydrogen-bond acceptors (Lipinski definition) is 10. The van der Waals surface area contributed by atoms with Crippen molar-refractivity contribution >= 4 is 44.1 Å². The van der Waals surface area contributed by atoms with Gasteiger partial charge in [0.2, 0.25) is 5.94 Å². The molecule has 2 rings (SSSR count). The summed E-state index contributed by atoms with van der Waals surface area (Å²) < 4.78 is 29.9. The summed E-state index contributed by atoms with van der Waals surface area (Å²) in [6.45, 7) is 1.52. The fourth-order valence-corrected chi connectivity index (χ4v) is 2.78. The van der Waals surface area contributed by atoms with Gasteiger partial charge in [0.15, 0.2) is 10.8 Å². The highest BCUT2D eigenvalue weighted by Gasteiger charge is 2.47. The molecule has 2 heterocycles. The second-order valence-corrected chi connectivity index (χ2v) is 7.17. The number of nitrogens with one attached hydrogen (secondary N) is 1. The molecule has 0 radical (unpaired) electrons. The Labute approximate surface area is 146 Å². The van der Waals surface area contributed by atoms with E-state index in [1.165, 1.54) is 19.4 Å². The van der Waals surface area contributed by atoms with E-state index >= 15 is 0 Å². The highest BCUT2D eigenvalue weighted by atomic mass is 32.2. The summed E-state index contributed by atoms with van der Waals surface area (Å²) in [5.41, 5.74) is 5.52. The molecular weight excluding hydrogens is 378 g/mol. The summed E-state index contributed by atoms with van der Waals surface area (Å²) in [6, 6.07) is -1.63. The lowest BCUT2D eigenvalue weighted by molar-refractivity contribution is -0.224. The number of hydrogen-bond donors (Lipinski definition) is 3. The van der Waals surface area contributed by atoms with Gasteiger partial charge >= 0.3 is 0 Å². The maximum atomic E-state index is 12.3. The minimum absolute atomic E-state index is 0.173. The number of nitrogen functional groups attached to an aromatic ring is 1. The van der Waals surface area contributed by atoms with Crippen LogP contribution in [0.4, 0.5) is 5.13 Å². The average Bonchev–Trinajstić information content (AvgIpc) is 2.95. The molecule has 1 aliphatic heterocycles. The average molecular weight is 393 g/mol. The van der Waals surface area contributed by atoms with E-state index in [-0.39, 0.29) is 16.5 Å². The van der Waals surface area contributed by atoms with Crippen LogP contribution in [0.25, 0.3) is 0 Å². The van der Waals surface area contributed by atoms with E-state index in [9.17, 15) is 18.0 Å².